The number of rotatable bonds is 6. The van der Waals surface area contributed by atoms with Crippen molar-refractivity contribution in [2.24, 2.45) is 5.73 Å². The summed E-state index contributed by atoms with van der Waals surface area (Å²) in [6.45, 7) is 13.1. The Bertz CT molecular complexity index is 423. The third kappa shape index (κ3) is 3.87. The van der Waals surface area contributed by atoms with Crippen LogP contribution in [0.1, 0.15) is 51.2 Å². The van der Waals surface area contributed by atoms with Crippen LogP contribution in [0.5, 0.6) is 0 Å². The molecule has 0 bridgehead atoms. The van der Waals surface area contributed by atoms with Gasteiger partial charge in [-0.2, -0.15) is 0 Å². The van der Waals surface area contributed by atoms with Crippen LogP contribution in [0.25, 0.3) is 0 Å². The van der Waals surface area contributed by atoms with Crippen LogP contribution in [-0.2, 0) is 0 Å². The van der Waals surface area contributed by atoms with Gasteiger partial charge in [-0.3, -0.25) is 9.80 Å². The molecule has 2 rings (SSSR count). The quantitative estimate of drug-likeness (QED) is 0.876. The Morgan fingerprint density at radius 2 is 1.71 bits per heavy atom. The van der Waals surface area contributed by atoms with Gasteiger partial charge in [-0.25, -0.2) is 0 Å². The highest BCUT2D eigenvalue weighted by molar-refractivity contribution is 5.12. The van der Waals surface area contributed by atoms with E-state index in [0.717, 1.165) is 44.1 Å². The van der Waals surface area contributed by atoms with Crippen molar-refractivity contribution in [1.29, 1.82) is 0 Å². The van der Waals surface area contributed by atoms with Crippen LogP contribution in [-0.4, -0.2) is 48.1 Å². The van der Waals surface area contributed by atoms with Gasteiger partial charge in [0.2, 0.25) is 0 Å². The number of furan rings is 1. The Balaban J connectivity index is 2.06. The summed E-state index contributed by atoms with van der Waals surface area (Å²) >= 11 is 0. The van der Waals surface area contributed by atoms with Crippen molar-refractivity contribution in [3.05, 3.63) is 23.7 Å². The fraction of sp³-hybridized carbons (Fsp3) is 0.765. The van der Waals surface area contributed by atoms with Gasteiger partial charge in [0.15, 0.2) is 0 Å². The maximum atomic E-state index is 6.39. The molecule has 4 heteroatoms. The minimum absolute atomic E-state index is 0.130. The number of nitrogens with two attached hydrogens (primary N) is 1. The molecule has 3 unspecified atom stereocenters. The lowest BCUT2D eigenvalue weighted by Crippen LogP contribution is -2.53. The maximum absolute atomic E-state index is 6.39. The molecule has 2 heterocycles. The van der Waals surface area contributed by atoms with Gasteiger partial charge in [0.25, 0.3) is 0 Å². The molecule has 1 aliphatic rings. The van der Waals surface area contributed by atoms with E-state index in [2.05, 4.69) is 36.6 Å². The first-order chi connectivity index (χ1) is 10.1. The average molecular weight is 293 g/mol. The van der Waals surface area contributed by atoms with Crippen molar-refractivity contribution in [2.75, 3.05) is 26.2 Å². The van der Waals surface area contributed by atoms with Gasteiger partial charge in [0, 0.05) is 38.3 Å². The molecule has 1 aliphatic heterocycles. The van der Waals surface area contributed by atoms with E-state index in [1.54, 1.807) is 0 Å². The van der Waals surface area contributed by atoms with Crippen LogP contribution in [0.15, 0.2) is 16.5 Å². The number of aryl methyl sites for hydroxylation is 1. The molecule has 0 aliphatic carbocycles. The molecular weight excluding hydrogens is 262 g/mol. The third-order valence-corrected chi connectivity index (χ3v) is 4.89. The zero-order chi connectivity index (χ0) is 15.4. The van der Waals surface area contributed by atoms with Crippen molar-refractivity contribution in [1.82, 2.24) is 9.80 Å². The molecular formula is C17H31N3O. The Morgan fingerprint density at radius 1 is 1.10 bits per heavy atom. The zero-order valence-corrected chi connectivity index (χ0v) is 14.0. The van der Waals surface area contributed by atoms with Crippen molar-refractivity contribution < 1.29 is 4.42 Å². The van der Waals surface area contributed by atoms with Gasteiger partial charge in [-0.05, 0) is 38.8 Å². The second kappa shape index (κ2) is 7.43. The molecule has 1 saturated heterocycles. The van der Waals surface area contributed by atoms with Crippen LogP contribution in [0.2, 0.25) is 0 Å². The smallest absolute Gasteiger partial charge is 0.122 e. The number of hydrogen-bond donors (Lipinski definition) is 1. The minimum atomic E-state index is 0.130. The van der Waals surface area contributed by atoms with E-state index in [1.807, 2.05) is 13.0 Å². The standard InChI is InChI=1S/C17H31N3O/c1-5-13(3)19-9-11-20(12-10-19)17(15(18)6-2)16-8-7-14(4)21-16/h7-8,13,15,17H,5-6,9-12,18H2,1-4H3. The van der Waals surface area contributed by atoms with Crippen LogP contribution >= 0.6 is 0 Å². The normalized spacial score (nSPS) is 22.1. The number of piperazine rings is 1. The first-order valence-corrected chi connectivity index (χ1v) is 8.36. The van der Waals surface area contributed by atoms with Gasteiger partial charge in [-0.15, -0.1) is 0 Å². The van der Waals surface area contributed by atoms with Gasteiger partial charge in [0.05, 0.1) is 6.04 Å². The van der Waals surface area contributed by atoms with E-state index in [4.69, 9.17) is 10.2 Å². The molecule has 0 spiro atoms. The summed E-state index contributed by atoms with van der Waals surface area (Å²) in [6.07, 6.45) is 2.19. The maximum Gasteiger partial charge on any atom is 0.122 e. The molecule has 0 amide bonds. The third-order valence-electron chi connectivity index (χ3n) is 4.89. The van der Waals surface area contributed by atoms with E-state index >= 15 is 0 Å². The van der Waals surface area contributed by atoms with Crippen LogP contribution in [0.3, 0.4) is 0 Å². The summed E-state index contributed by atoms with van der Waals surface area (Å²) in [7, 11) is 0. The van der Waals surface area contributed by atoms with Crippen molar-refractivity contribution in [2.45, 2.75) is 58.7 Å². The Labute approximate surface area is 129 Å². The largest absolute Gasteiger partial charge is 0.465 e. The summed E-state index contributed by atoms with van der Waals surface area (Å²) in [4.78, 5) is 5.09. The Kier molecular flexibility index (Phi) is 5.85. The topological polar surface area (TPSA) is 45.6 Å². The van der Waals surface area contributed by atoms with E-state index < -0.39 is 0 Å². The lowest BCUT2D eigenvalue weighted by atomic mass is 10.0. The lowest BCUT2D eigenvalue weighted by Gasteiger charge is -2.42. The molecule has 1 aromatic heterocycles. The van der Waals surface area contributed by atoms with Gasteiger partial charge >= 0.3 is 0 Å². The zero-order valence-electron chi connectivity index (χ0n) is 14.0. The molecule has 120 valence electrons. The number of nitrogens with zero attached hydrogens (tertiary/aromatic N) is 2. The fourth-order valence-corrected chi connectivity index (χ4v) is 3.21. The molecule has 3 atom stereocenters. The predicted molar refractivity (Wildman–Crippen MR) is 87.4 cm³/mol. The molecule has 0 aromatic carbocycles. The van der Waals surface area contributed by atoms with Crippen molar-refractivity contribution >= 4 is 0 Å². The summed E-state index contributed by atoms with van der Waals surface area (Å²) < 4.78 is 5.88. The predicted octanol–water partition coefficient (Wildman–Crippen LogP) is 2.78. The highest BCUT2D eigenvalue weighted by Gasteiger charge is 2.31. The summed E-state index contributed by atoms with van der Waals surface area (Å²) in [5, 5.41) is 0. The highest BCUT2D eigenvalue weighted by Crippen LogP contribution is 2.28. The van der Waals surface area contributed by atoms with Crippen molar-refractivity contribution in [3.8, 4) is 0 Å². The molecule has 1 aromatic rings. The van der Waals surface area contributed by atoms with E-state index in [9.17, 15) is 0 Å². The first kappa shape index (κ1) is 16.5. The minimum Gasteiger partial charge on any atom is -0.465 e. The summed E-state index contributed by atoms with van der Waals surface area (Å²) in [5.74, 6) is 2.00. The fourth-order valence-electron chi connectivity index (χ4n) is 3.21. The van der Waals surface area contributed by atoms with Gasteiger partial charge in [-0.1, -0.05) is 13.8 Å². The Hall–Kier alpha value is -0.840. The van der Waals surface area contributed by atoms with Crippen LogP contribution in [0.4, 0.5) is 0 Å². The Morgan fingerprint density at radius 3 is 2.19 bits per heavy atom. The van der Waals surface area contributed by atoms with E-state index in [0.29, 0.717) is 6.04 Å². The molecule has 1 fully saturated rings. The van der Waals surface area contributed by atoms with Gasteiger partial charge < -0.3 is 10.2 Å². The second-order valence-corrected chi connectivity index (χ2v) is 6.29. The monoisotopic (exact) mass is 293 g/mol. The second-order valence-electron chi connectivity index (χ2n) is 6.29. The van der Waals surface area contributed by atoms with E-state index in [1.165, 1.54) is 6.42 Å². The van der Waals surface area contributed by atoms with Crippen LogP contribution in [0, 0.1) is 6.92 Å². The molecule has 2 N–H and O–H groups in total. The molecule has 4 nitrogen and oxygen atoms in total. The summed E-state index contributed by atoms with van der Waals surface area (Å²) in [6, 6.07) is 5.15. The number of hydrogen-bond acceptors (Lipinski definition) is 4. The molecule has 21 heavy (non-hydrogen) atoms. The molecule has 0 radical (unpaired) electrons. The van der Waals surface area contributed by atoms with Gasteiger partial charge in [0.1, 0.15) is 11.5 Å². The molecule has 0 saturated carbocycles. The lowest BCUT2D eigenvalue weighted by molar-refractivity contribution is 0.0548. The average Bonchev–Trinajstić information content (AvgIpc) is 2.93. The van der Waals surface area contributed by atoms with E-state index in [-0.39, 0.29) is 12.1 Å². The summed E-state index contributed by atoms with van der Waals surface area (Å²) in [5.41, 5.74) is 6.39. The van der Waals surface area contributed by atoms with Crippen molar-refractivity contribution in [3.63, 3.8) is 0 Å². The highest BCUT2D eigenvalue weighted by atomic mass is 16.3. The SMILES string of the molecule is CCC(N)C(c1ccc(C)o1)N1CCN(C(C)CC)CC1. The van der Waals surface area contributed by atoms with Crippen LogP contribution < -0.4 is 5.73 Å². The first-order valence-electron chi connectivity index (χ1n) is 8.36.